The molecule has 29 heavy (non-hydrogen) atoms. The molecular weight excluding hydrogens is 389 g/mol. The van der Waals surface area contributed by atoms with E-state index in [9.17, 15) is 23.2 Å². The van der Waals surface area contributed by atoms with Gasteiger partial charge in [0, 0.05) is 24.0 Å². The lowest BCUT2D eigenvalue weighted by Crippen LogP contribution is -2.39. The first-order valence-electron chi connectivity index (χ1n) is 8.87. The highest BCUT2D eigenvalue weighted by molar-refractivity contribution is 5.97. The molecule has 1 fully saturated rings. The van der Waals surface area contributed by atoms with E-state index >= 15 is 0 Å². The van der Waals surface area contributed by atoms with Crippen molar-refractivity contribution in [3.05, 3.63) is 41.5 Å². The second-order valence-electron chi connectivity index (χ2n) is 6.57. The molecule has 2 heterocycles. The third-order valence-electron chi connectivity index (χ3n) is 4.74. The second-order valence-corrected chi connectivity index (χ2v) is 6.57. The van der Waals surface area contributed by atoms with Gasteiger partial charge >= 0.3 is 6.36 Å². The van der Waals surface area contributed by atoms with Crippen molar-refractivity contribution in [1.29, 1.82) is 5.26 Å². The van der Waals surface area contributed by atoms with E-state index in [0.29, 0.717) is 59.7 Å². The van der Waals surface area contributed by atoms with Gasteiger partial charge in [-0.2, -0.15) is 5.26 Å². The average Bonchev–Trinajstić information content (AvgIpc) is 3.08. The largest absolute Gasteiger partial charge is 0.573 e. The third kappa shape index (κ3) is 3.84. The van der Waals surface area contributed by atoms with Crippen LogP contribution in [-0.4, -0.2) is 31.6 Å². The van der Waals surface area contributed by atoms with Gasteiger partial charge < -0.3 is 19.5 Å². The van der Waals surface area contributed by atoms with Crippen molar-refractivity contribution in [3.63, 3.8) is 0 Å². The van der Waals surface area contributed by atoms with Crippen LogP contribution >= 0.6 is 0 Å². The number of rotatable bonds is 4. The molecule has 2 aromatic carbocycles. The third-order valence-corrected chi connectivity index (χ3v) is 4.74. The van der Waals surface area contributed by atoms with Gasteiger partial charge in [0.25, 0.3) is 5.91 Å². The van der Waals surface area contributed by atoms with Gasteiger partial charge in [-0.05, 0) is 23.8 Å². The van der Waals surface area contributed by atoms with Gasteiger partial charge in [0.1, 0.15) is 23.7 Å². The minimum absolute atomic E-state index is 0.311. The number of carbonyl (C=O) groups is 1. The molecule has 1 saturated heterocycles. The molecule has 150 valence electrons. The summed E-state index contributed by atoms with van der Waals surface area (Å²) >= 11 is 0. The lowest BCUT2D eigenvalue weighted by Gasteiger charge is -2.25. The van der Waals surface area contributed by atoms with E-state index in [4.69, 9.17) is 9.47 Å². The minimum Gasteiger partial charge on any atom is -0.492 e. The Hall–Kier alpha value is -3.25. The number of amides is 1. The molecule has 0 saturated carbocycles. The van der Waals surface area contributed by atoms with Gasteiger partial charge in [0.05, 0.1) is 24.5 Å². The lowest BCUT2D eigenvalue weighted by atomic mass is 9.95. The Morgan fingerprint density at radius 1 is 1.24 bits per heavy atom. The number of hydrogen-bond donors (Lipinski definition) is 1. The van der Waals surface area contributed by atoms with Gasteiger partial charge in [0.2, 0.25) is 0 Å². The molecule has 9 heteroatoms. The van der Waals surface area contributed by atoms with E-state index in [2.05, 4.69) is 16.1 Å². The maximum Gasteiger partial charge on any atom is 0.573 e. The van der Waals surface area contributed by atoms with Crippen LogP contribution in [0.5, 0.6) is 11.5 Å². The van der Waals surface area contributed by atoms with Gasteiger partial charge in [-0.3, -0.25) is 4.79 Å². The zero-order valence-electron chi connectivity index (χ0n) is 15.0. The summed E-state index contributed by atoms with van der Waals surface area (Å²) in [6.07, 6.45) is -4.23. The number of carbonyl (C=O) groups excluding carboxylic acids is 1. The molecule has 2 aliphatic rings. The first-order valence-corrected chi connectivity index (χ1v) is 8.87. The number of alkyl halides is 3. The number of benzene rings is 2. The van der Waals surface area contributed by atoms with Crippen LogP contribution in [0, 0.1) is 11.3 Å². The predicted octanol–water partition coefficient (Wildman–Crippen LogP) is 3.79. The van der Waals surface area contributed by atoms with Crippen LogP contribution in [0.1, 0.15) is 17.5 Å². The van der Waals surface area contributed by atoms with Gasteiger partial charge in [-0.1, -0.05) is 12.1 Å². The Morgan fingerprint density at radius 3 is 2.55 bits per heavy atom. The van der Waals surface area contributed by atoms with E-state index in [-0.39, 0.29) is 11.7 Å². The van der Waals surface area contributed by atoms with Gasteiger partial charge in [-0.25, -0.2) is 0 Å². The molecule has 1 atom stereocenters. The smallest absolute Gasteiger partial charge is 0.492 e. The summed E-state index contributed by atoms with van der Waals surface area (Å²) in [7, 11) is 0. The maximum atomic E-state index is 12.4. The molecule has 0 radical (unpaired) electrons. The number of ether oxygens (including phenoxy) is 3. The van der Waals surface area contributed by atoms with E-state index < -0.39 is 12.5 Å². The van der Waals surface area contributed by atoms with Crippen molar-refractivity contribution >= 4 is 11.6 Å². The second kappa shape index (κ2) is 7.29. The number of nitrogens with zero attached hydrogens (tertiary/aromatic N) is 1. The fourth-order valence-corrected chi connectivity index (χ4v) is 3.31. The number of hydrogen-bond acceptors (Lipinski definition) is 5. The number of fused-ring (bicyclic) bond motifs is 1. The van der Waals surface area contributed by atoms with Crippen molar-refractivity contribution in [3.8, 4) is 28.7 Å². The van der Waals surface area contributed by atoms with Crippen LogP contribution in [0.4, 0.5) is 18.9 Å². The highest BCUT2D eigenvalue weighted by Gasteiger charge is 2.32. The summed E-state index contributed by atoms with van der Waals surface area (Å²) in [5.74, 6) is -0.196. The minimum atomic E-state index is -4.78. The van der Waals surface area contributed by atoms with Crippen LogP contribution in [0.3, 0.4) is 0 Å². The molecule has 1 amide bonds. The van der Waals surface area contributed by atoms with E-state index in [1.54, 1.807) is 6.07 Å². The van der Waals surface area contributed by atoms with Crippen LogP contribution in [0.2, 0.25) is 0 Å². The first kappa shape index (κ1) is 19.1. The molecule has 4 rings (SSSR count). The number of anilines is 1. The molecule has 2 aliphatic heterocycles. The summed E-state index contributed by atoms with van der Waals surface area (Å²) in [5.41, 5.74) is 2.43. The number of nitrogens with one attached hydrogen (secondary N) is 1. The first-order chi connectivity index (χ1) is 13.9. The fourth-order valence-electron chi connectivity index (χ4n) is 3.31. The summed E-state index contributed by atoms with van der Waals surface area (Å²) in [6, 6.07) is 9.03. The molecule has 6 nitrogen and oxygen atoms in total. The fraction of sp³-hybridized carbons (Fsp3) is 0.300. The number of nitriles is 1. The van der Waals surface area contributed by atoms with Crippen LogP contribution < -0.4 is 14.8 Å². The standard InChI is InChI=1S/C20H15F3N2O4/c21-20(22,23)29-12-3-1-11(2-4-12)14-9-16(25-19(26)17-6-8-27-17)15(10-24)13-5-7-28-18(13)14/h1-4,9,17H,5-8H2,(H,25,26)/t17-/m1/s1. The highest BCUT2D eigenvalue weighted by Crippen LogP contribution is 2.43. The zero-order valence-corrected chi connectivity index (χ0v) is 15.0. The molecule has 0 aliphatic carbocycles. The van der Waals surface area contributed by atoms with Crippen molar-refractivity contribution in [2.75, 3.05) is 18.5 Å². The van der Waals surface area contributed by atoms with Gasteiger partial charge in [-0.15, -0.1) is 13.2 Å². The molecule has 0 unspecified atom stereocenters. The van der Waals surface area contributed by atoms with Crippen molar-refractivity contribution in [2.45, 2.75) is 25.3 Å². The van der Waals surface area contributed by atoms with Crippen molar-refractivity contribution in [2.24, 2.45) is 0 Å². The Balaban J connectivity index is 1.71. The summed E-state index contributed by atoms with van der Waals surface area (Å²) in [5, 5.41) is 12.3. The van der Waals surface area contributed by atoms with E-state index in [1.807, 2.05) is 0 Å². The average molecular weight is 404 g/mol. The normalized spacial score (nSPS) is 17.5. The zero-order chi connectivity index (χ0) is 20.6. The maximum absolute atomic E-state index is 12.4. The Bertz CT molecular complexity index is 993. The predicted molar refractivity (Wildman–Crippen MR) is 95.5 cm³/mol. The highest BCUT2D eigenvalue weighted by atomic mass is 19.4. The number of halogens is 3. The summed E-state index contributed by atoms with van der Waals surface area (Å²) < 4.78 is 51.9. The van der Waals surface area contributed by atoms with Gasteiger partial charge in [0.15, 0.2) is 0 Å². The molecular formula is C20H15F3N2O4. The monoisotopic (exact) mass is 404 g/mol. The van der Waals surface area contributed by atoms with Crippen LogP contribution in [-0.2, 0) is 16.0 Å². The lowest BCUT2D eigenvalue weighted by molar-refractivity contribution is -0.274. The SMILES string of the molecule is N#Cc1c(NC(=O)[C@H]2CCO2)cc(-c2ccc(OC(F)(F)F)cc2)c2c1CCO2. The summed E-state index contributed by atoms with van der Waals surface area (Å²) in [4.78, 5) is 12.3. The quantitative estimate of drug-likeness (QED) is 0.839. The topological polar surface area (TPSA) is 80.6 Å². The molecule has 0 aromatic heterocycles. The van der Waals surface area contributed by atoms with Crippen molar-refractivity contribution in [1.82, 2.24) is 0 Å². The summed E-state index contributed by atoms with van der Waals surface area (Å²) in [6.45, 7) is 0.883. The molecule has 0 spiro atoms. The molecule has 1 N–H and O–H groups in total. The Labute approximate surface area is 163 Å². The molecule has 2 aromatic rings. The Morgan fingerprint density at radius 2 is 1.97 bits per heavy atom. The van der Waals surface area contributed by atoms with Crippen LogP contribution in [0.25, 0.3) is 11.1 Å². The van der Waals surface area contributed by atoms with E-state index in [1.165, 1.54) is 24.3 Å². The van der Waals surface area contributed by atoms with Crippen molar-refractivity contribution < 1.29 is 32.2 Å². The Kier molecular flexibility index (Phi) is 4.80. The van der Waals surface area contributed by atoms with E-state index in [0.717, 1.165) is 0 Å². The van der Waals surface area contributed by atoms with Crippen LogP contribution in [0.15, 0.2) is 30.3 Å². The molecule has 0 bridgehead atoms.